The van der Waals surface area contributed by atoms with Gasteiger partial charge in [-0.05, 0) is 31.0 Å². The van der Waals surface area contributed by atoms with Crippen molar-refractivity contribution in [2.24, 2.45) is 0 Å². The lowest BCUT2D eigenvalue weighted by Gasteiger charge is -2.31. The number of amides is 1. The Morgan fingerprint density at radius 3 is 2.43 bits per heavy atom. The number of benzene rings is 2. The van der Waals surface area contributed by atoms with E-state index < -0.39 is 4.92 Å². The van der Waals surface area contributed by atoms with Crippen molar-refractivity contribution >= 4 is 11.6 Å². The molecule has 1 fully saturated rings. The van der Waals surface area contributed by atoms with E-state index in [4.69, 9.17) is 9.47 Å². The van der Waals surface area contributed by atoms with Gasteiger partial charge in [-0.15, -0.1) is 0 Å². The number of hydrogen-bond donors (Lipinski definition) is 1. The molecule has 0 heterocycles. The number of hydrogen-bond acceptors (Lipinski definition) is 5. The van der Waals surface area contributed by atoms with E-state index in [0.717, 1.165) is 37.0 Å². The summed E-state index contributed by atoms with van der Waals surface area (Å²) < 4.78 is 10.5. The third kappa shape index (κ3) is 3.78. The summed E-state index contributed by atoms with van der Waals surface area (Å²) in [6.45, 7) is 0.450. The number of nitro groups is 1. The molecule has 1 amide bonds. The fourth-order valence-electron chi connectivity index (χ4n) is 4.00. The van der Waals surface area contributed by atoms with E-state index in [1.165, 1.54) is 25.3 Å². The van der Waals surface area contributed by atoms with Crippen LogP contribution in [0.15, 0.2) is 42.5 Å². The van der Waals surface area contributed by atoms with Gasteiger partial charge in [0, 0.05) is 29.2 Å². The number of nitrogens with zero attached hydrogens (tertiary/aromatic N) is 1. The first-order chi connectivity index (χ1) is 13.5. The van der Waals surface area contributed by atoms with E-state index in [2.05, 4.69) is 11.4 Å². The number of nitrogens with one attached hydrogen (secondary N) is 1. The molecule has 148 valence electrons. The van der Waals surface area contributed by atoms with Crippen molar-refractivity contribution < 1.29 is 19.2 Å². The van der Waals surface area contributed by atoms with Crippen molar-refractivity contribution in [3.8, 4) is 11.5 Å². The lowest BCUT2D eigenvalue weighted by Crippen LogP contribution is -2.39. The quantitative estimate of drug-likeness (QED) is 0.578. The summed E-state index contributed by atoms with van der Waals surface area (Å²) in [5.74, 6) is 0.605. The van der Waals surface area contributed by atoms with Crippen molar-refractivity contribution in [2.75, 3.05) is 20.8 Å². The average Bonchev–Trinajstić information content (AvgIpc) is 3.21. The second-order valence-corrected chi connectivity index (χ2v) is 7.01. The van der Waals surface area contributed by atoms with Crippen LogP contribution >= 0.6 is 0 Å². The van der Waals surface area contributed by atoms with Crippen molar-refractivity contribution in [1.29, 1.82) is 0 Å². The Kier molecular flexibility index (Phi) is 5.82. The largest absolute Gasteiger partial charge is 0.496 e. The molecule has 1 aliphatic rings. The first-order valence-electron chi connectivity index (χ1n) is 9.25. The fourth-order valence-corrected chi connectivity index (χ4v) is 4.00. The van der Waals surface area contributed by atoms with Crippen molar-refractivity contribution in [1.82, 2.24) is 5.32 Å². The van der Waals surface area contributed by atoms with Gasteiger partial charge in [-0.3, -0.25) is 14.9 Å². The number of ether oxygens (including phenoxy) is 2. The van der Waals surface area contributed by atoms with Crippen LogP contribution in [-0.2, 0) is 5.41 Å². The molecule has 1 saturated carbocycles. The minimum Gasteiger partial charge on any atom is -0.496 e. The van der Waals surface area contributed by atoms with Gasteiger partial charge in [0.15, 0.2) is 5.75 Å². The highest BCUT2D eigenvalue weighted by Gasteiger charge is 2.38. The molecule has 3 rings (SSSR count). The Balaban J connectivity index is 1.82. The van der Waals surface area contributed by atoms with E-state index in [1.54, 1.807) is 7.11 Å². The normalized spacial score (nSPS) is 15.1. The number of para-hydroxylation sites is 1. The van der Waals surface area contributed by atoms with E-state index >= 15 is 0 Å². The standard InChI is InChI=1S/C21H24N2O5/c1-27-18-8-4-3-7-16(18)21(11-5-6-12-21)14-22-20(24)15-9-10-19(28-2)17(13-15)23(25)26/h3-4,7-10,13H,5-6,11-12,14H2,1-2H3,(H,22,24). The molecule has 0 atom stereocenters. The van der Waals surface area contributed by atoms with Crippen LogP contribution in [0.25, 0.3) is 0 Å². The number of rotatable bonds is 7. The molecule has 0 unspecified atom stereocenters. The van der Waals surface area contributed by atoms with Crippen molar-refractivity contribution in [3.63, 3.8) is 0 Å². The maximum atomic E-state index is 12.7. The molecule has 0 saturated heterocycles. The van der Waals surface area contributed by atoms with Crippen LogP contribution in [0.2, 0.25) is 0 Å². The maximum Gasteiger partial charge on any atom is 0.311 e. The van der Waals surface area contributed by atoms with Gasteiger partial charge in [0.2, 0.25) is 0 Å². The minimum atomic E-state index is -0.553. The number of nitro benzene ring substituents is 1. The molecule has 0 radical (unpaired) electrons. The van der Waals surface area contributed by atoms with E-state index in [1.807, 2.05) is 18.2 Å². The number of carbonyl (C=O) groups is 1. The van der Waals surface area contributed by atoms with Crippen LogP contribution < -0.4 is 14.8 Å². The van der Waals surface area contributed by atoms with Crippen LogP contribution in [-0.4, -0.2) is 31.6 Å². The molecule has 28 heavy (non-hydrogen) atoms. The Morgan fingerprint density at radius 2 is 1.79 bits per heavy atom. The van der Waals surface area contributed by atoms with Gasteiger partial charge in [0.1, 0.15) is 5.75 Å². The van der Waals surface area contributed by atoms with Crippen LogP contribution in [0.5, 0.6) is 11.5 Å². The Hall–Kier alpha value is -3.09. The van der Waals surface area contributed by atoms with Crippen LogP contribution in [0.3, 0.4) is 0 Å². The molecular weight excluding hydrogens is 360 g/mol. The maximum absolute atomic E-state index is 12.7. The van der Waals surface area contributed by atoms with Crippen LogP contribution in [0.1, 0.15) is 41.6 Å². The van der Waals surface area contributed by atoms with Gasteiger partial charge < -0.3 is 14.8 Å². The molecule has 0 aliphatic heterocycles. The molecule has 7 heteroatoms. The monoisotopic (exact) mass is 384 g/mol. The highest BCUT2D eigenvalue weighted by atomic mass is 16.6. The summed E-state index contributed by atoms with van der Waals surface area (Å²) in [4.78, 5) is 23.4. The molecule has 2 aromatic carbocycles. The van der Waals surface area contributed by atoms with Gasteiger partial charge in [-0.2, -0.15) is 0 Å². The zero-order chi connectivity index (χ0) is 20.1. The summed E-state index contributed by atoms with van der Waals surface area (Å²) in [5.41, 5.74) is 0.910. The van der Waals surface area contributed by atoms with Crippen LogP contribution in [0, 0.1) is 10.1 Å². The predicted octanol–water partition coefficient (Wildman–Crippen LogP) is 3.85. The van der Waals surface area contributed by atoms with Gasteiger partial charge in [0.05, 0.1) is 19.1 Å². The zero-order valence-electron chi connectivity index (χ0n) is 16.1. The zero-order valence-corrected chi connectivity index (χ0v) is 16.1. The van der Waals surface area contributed by atoms with Crippen molar-refractivity contribution in [2.45, 2.75) is 31.1 Å². The fraction of sp³-hybridized carbons (Fsp3) is 0.381. The summed E-state index contributed by atoms with van der Waals surface area (Å²) >= 11 is 0. The molecule has 0 aromatic heterocycles. The number of carbonyl (C=O) groups excluding carboxylic acids is 1. The smallest absolute Gasteiger partial charge is 0.311 e. The summed E-state index contributed by atoms with van der Waals surface area (Å²) in [5, 5.41) is 14.2. The predicted molar refractivity (Wildman–Crippen MR) is 105 cm³/mol. The topological polar surface area (TPSA) is 90.7 Å². The van der Waals surface area contributed by atoms with Crippen LogP contribution in [0.4, 0.5) is 5.69 Å². The average molecular weight is 384 g/mol. The minimum absolute atomic E-state index is 0.128. The van der Waals surface area contributed by atoms with E-state index in [0.29, 0.717) is 6.54 Å². The lowest BCUT2D eigenvalue weighted by molar-refractivity contribution is -0.385. The first-order valence-corrected chi connectivity index (χ1v) is 9.25. The van der Waals surface area contributed by atoms with Gasteiger partial charge in [-0.1, -0.05) is 31.0 Å². The van der Waals surface area contributed by atoms with Crippen molar-refractivity contribution in [3.05, 3.63) is 63.7 Å². The second-order valence-electron chi connectivity index (χ2n) is 7.01. The third-order valence-corrected chi connectivity index (χ3v) is 5.46. The van der Waals surface area contributed by atoms with E-state index in [9.17, 15) is 14.9 Å². The third-order valence-electron chi connectivity index (χ3n) is 5.46. The van der Waals surface area contributed by atoms with E-state index in [-0.39, 0.29) is 28.3 Å². The summed E-state index contributed by atoms with van der Waals surface area (Å²) in [6.07, 6.45) is 4.08. The molecular formula is C21H24N2O5. The molecule has 7 nitrogen and oxygen atoms in total. The first kappa shape index (κ1) is 19.7. The highest BCUT2D eigenvalue weighted by molar-refractivity contribution is 5.95. The molecule has 1 N–H and O–H groups in total. The van der Waals surface area contributed by atoms with Gasteiger partial charge in [-0.25, -0.2) is 0 Å². The number of methoxy groups -OCH3 is 2. The summed E-state index contributed by atoms with van der Waals surface area (Å²) in [7, 11) is 3.01. The van der Waals surface area contributed by atoms with Gasteiger partial charge >= 0.3 is 5.69 Å². The SMILES string of the molecule is COc1ccc(C(=O)NCC2(c3ccccc3OC)CCCC2)cc1[N+](=O)[O-]. The molecule has 1 aliphatic carbocycles. The second kappa shape index (κ2) is 8.29. The Morgan fingerprint density at radius 1 is 1.11 bits per heavy atom. The summed E-state index contributed by atoms with van der Waals surface area (Å²) in [6, 6.07) is 12.1. The molecule has 2 aromatic rings. The molecule has 0 bridgehead atoms. The Bertz CT molecular complexity index is 875. The Labute approximate surface area is 163 Å². The lowest BCUT2D eigenvalue weighted by atomic mass is 9.78. The molecule has 0 spiro atoms. The van der Waals surface area contributed by atoms with Gasteiger partial charge in [0.25, 0.3) is 5.91 Å². The highest BCUT2D eigenvalue weighted by Crippen LogP contribution is 2.44.